The Morgan fingerprint density at radius 1 is 1.10 bits per heavy atom. The van der Waals surface area contributed by atoms with Crippen LogP contribution in [0, 0.1) is 23.4 Å². The van der Waals surface area contributed by atoms with E-state index in [1.165, 1.54) is 6.20 Å². The summed E-state index contributed by atoms with van der Waals surface area (Å²) in [6, 6.07) is 4.95. The van der Waals surface area contributed by atoms with E-state index in [0.717, 1.165) is 29.8 Å². The van der Waals surface area contributed by atoms with Crippen LogP contribution in [0.1, 0.15) is 67.1 Å². The van der Waals surface area contributed by atoms with E-state index in [1.807, 2.05) is 6.92 Å². The van der Waals surface area contributed by atoms with Crippen LogP contribution in [0.25, 0.3) is 11.3 Å². The van der Waals surface area contributed by atoms with E-state index in [9.17, 15) is 14.3 Å². The van der Waals surface area contributed by atoms with Gasteiger partial charge in [0.05, 0.1) is 23.0 Å². The standard InChI is InChI=1S/C30H32F4N4O3/c1-16-11-17(12-25(35)29(16,2)40)19-5-8-36-15-24(19)38-28(39)23-4-3-20(31)27(37-23)26-21(32)13-18(14-22(26)33)30(34)6-9-41-10-7-30/h3-5,8,13-17,25,40H,6-7,9-12,35H2,1-2H3,(H,38,39)/t16-,17+,25+,29+/m0/s1. The molecule has 1 amide bonds. The number of halogens is 4. The van der Waals surface area contributed by atoms with Crippen LogP contribution in [0.3, 0.4) is 0 Å². The molecule has 4 atom stereocenters. The fourth-order valence-electron chi connectivity index (χ4n) is 5.76. The lowest BCUT2D eigenvalue weighted by Crippen LogP contribution is -2.54. The molecule has 7 nitrogen and oxygen atoms in total. The zero-order chi connectivity index (χ0) is 29.5. The molecular formula is C30H32F4N4O3. The smallest absolute Gasteiger partial charge is 0.274 e. The third kappa shape index (κ3) is 5.58. The van der Waals surface area contributed by atoms with E-state index in [2.05, 4.69) is 15.3 Å². The summed E-state index contributed by atoms with van der Waals surface area (Å²) in [4.78, 5) is 21.3. The number of nitrogens with two attached hydrogens (primary N) is 1. The number of nitrogens with zero attached hydrogens (tertiary/aromatic N) is 2. The monoisotopic (exact) mass is 572 g/mol. The first-order chi connectivity index (χ1) is 19.4. The lowest BCUT2D eigenvalue weighted by Gasteiger charge is -2.44. The van der Waals surface area contributed by atoms with Crippen LogP contribution in [-0.2, 0) is 10.4 Å². The molecule has 1 aliphatic carbocycles. The first-order valence-corrected chi connectivity index (χ1v) is 13.6. The van der Waals surface area contributed by atoms with Gasteiger partial charge in [-0.05, 0) is 73.1 Å². The van der Waals surface area contributed by atoms with Gasteiger partial charge in [-0.2, -0.15) is 0 Å². The molecule has 2 aromatic heterocycles. The number of nitrogens with one attached hydrogen (secondary N) is 1. The highest BCUT2D eigenvalue weighted by molar-refractivity contribution is 6.03. The second-order valence-electron chi connectivity index (χ2n) is 11.2. The number of hydrogen-bond acceptors (Lipinski definition) is 6. The predicted molar refractivity (Wildman–Crippen MR) is 144 cm³/mol. The molecule has 3 aromatic rings. The SMILES string of the molecule is C[C@H]1C[C@@H](c2ccncc2NC(=O)c2ccc(F)c(-c3c(F)cc(C4(F)CCOCC4)cc3F)n2)C[C@@H](N)[C@]1(C)O. The van der Waals surface area contributed by atoms with E-state index in [-0.39, 0.29) is 49.1 Å². The molecule has 4 N–H and O–H groups in total. The molecule has 0 spiro atoms. The second-order valence-corrected chi connectivity index (χ2v) is 11.2. The first-order valence-electron chi connectivity index (χ1n) is 13.6. The molecule has 0 bridgehead atoms. The fraction of sp³-hybridized carbons (Fsp3) is 0.433. The van der Waals surface area contributed by atoms with Crippen molar-refractivity contribution >= 4 is 11.6 Å². The molecule has 3 heterocycles. The normalized spacial score (nSPS) is 26.0. The van der Waals surface area contributed by atoms with Crippen molar-refractivity contribution in [1.29, 1.82) is 0 Å². The largest absolute Gasteiger partial charge is 0.388 e. The Morgan fingerprint density at radius 3 is 2.44 bits per heavy atom. The highest BCUT2D eigenvalue weighted by atomic mass is 19.1. The zero-order valence-electron chi connectivity index (χ0n) is 22.8. The molecule has 0 radical (unpaired) electrons. The molecule has 0 unspecified atom stereocenters. The van der Waals surface area contributed by atoms with E-state index < -0.39 is 51.9 Å². The van der Waals surface area contributed by atoms with Crippen LogP contribution in [-0.4, -0.2) is 45.8 Å². The summed E-state index contributed by atoms with van der Waals surface area (Å²) in [6.07, 6.45) is 4.02. The third-order valence-electron chi connectivity index (χ3n) is 8.63. The molecule has 41 heavy (non-hydrogen) atoms. The number of aromatic nitrogens is 2. The summed E-state index contributed by atoms with van der Waals surface area (Å²) in [6.45, 7) is 3.85. The summed E-state index contributed by atoms with van der Waals surface area (Å²) in [7, 11) is 0. The average molecular weight is 573 g/mol. The summed E-state index contributed by atoms with van der Waals surface area (Å²) >= 11 is 0. The summed E-state index contributed by atoms with van der Waals surface area (Å²) in [5, 5.41) is 13.4. The molecule has 1 aromatic carbocycles. The maximum absolute atomic E-state index is 15.3. The van der Waals surface area contributed by atoms with Gasteiger partial charge < -0.3 is 20.9 Å². The van der Waals surface area contributed by atoms with Crippen LogP contribution >= 0.6 is 0 Å². The Morgan fingerprint density at radius 2 is 1.78 bits per heavy atom. The number of hydrogen-bond donors (Lipinski definition) is 3. The van der Waals surface area contributed by atoms with Gasteiger partial charge in [0.15, 0.2) is 0 Å². The number of pyridine rings is 2. The van der Waals surface area contributed by atoms with Crippen LogP contribution in [0.4, 0.5) is 23.2 Å². The van der Waals surface area contributed by atoms with E-state index in [1.54, 1.807) is 19.2 Å². The molecule has 5 rings (SSSR count). The van der Waals surface area contributed by atoms with Gasteiger partial charge in [-0.15, -0.1) is 0 Å². The van der Waals surface area contributed by atoms with Crippen molar-refractivity contribution < 1.29 is 32.2 Å². The number of benzene rings is 1. The predicted octanol–water partition coefficient (Wildman–Crippen LogP) is 5.38. The molecule has 1 aliphatic heterocycles. The van der Waals surface area contributed by atoms with Gasteiger partial charge >= 0.3 is 0 Å². The molecule has 218 valence electrons. The van der Waals surface area contributed by atoms with Crippen molar-refractivity contribution in [3.05, 3.63) is 77.0 Å². The van der Waals surface area contributed by atoms with Crippen LogP contribution in [0.15, 0.2) is 42.7 Å². The molecular weight excluding hydrogens is 540 g/mol. The lowest BCUT2D eigenvalue weighted by molar-refractivity contribution is -0.0463. The minimum absolute atomic E-state index is 0.0607. The van der Waals surface area contributed by atoms with Crippen molar-refractivity contribution in [3.8, 4) is 11.3 Å². The fourth-order valence-corrected chi connectivity index (χ4v) is 5.76. The van der Waals surface area contributed by atoms with Crippen LogP contribution < -0.4 is 11.1 Å². The Bertz CT molecular complexity index is 1420. The topological polar surface area (TPSA) is 110 Å². The van der Waals surface area contributed by atoms with Gasteiger partial charge in [0.2, 0.25) is 0 Å². The number of amides is 1. The van der Waals surface area contributed by atoms with Gasteiger partial charge in [0.1, 0.15) is 34.5 Å². The minimum atomic E-state index is -1.97. The van der Waals surface area contributed by atoms with Crippen molar-refractivity contribution in [2.45, 2.75) is 62.8 Å². The van der Waals surface area contributed by atoms with Gasteiger partial charge in [-0.1, -0.05) is 6.92 Å². The summed E-state index contributed by atoms with van der Waals surface area (Å²) < 4.78 is 65.6. The minimum Gasteiger partial charge on any atom is -0.388 e. The maximum atomic E-state index is 15.3. The quantitative estimate of drug-likeness (QED) is 0.354. The van der Waals surface area contributed by atoms with Gasteiger partial charge in [0.25, 0.3) is 5.91 Å². The zero-order valence-corrected chi connectivity index (χ0v) is 22.8. The van der Waals surface area contributed by atoms with Crippen molar-refractivity contribution in [2.24, 2.45) is 11.7 Å². The number of alkyl halides is 1. The number of ether oxygens (including phenoxy) is 1. The van der Waals surface area contributed by atoms with Crippen molar-refractivity contribution in [2.75, 3.05) is 18.5 Å². The Kier molecular flexibility index (Phi) is 7.88. The number of carbonyl (C=O) groups is 1. The number of rotatable bonds is 5. The lowest BCUT2D eigenvalue weighted by atomic mass is 9.68. The Labute approximate surface area is 235 Å². The number of aliphatic hydroxyl groups is 1. The van der Waals surface area contributed by atoms with Gasteiger partial charge in [-0.25, -0.2) is 22.5 Å². The summed E-state index contributed by atoms with van der Waals surface area (Å²) in [5.41, 5.74) is 2.40. The van der Waals surface area contributed by atoms with Crippen molar-refractivity contribution in [1.82, 2.24) is 9.97 Å². The Hall–Kier alpha value is -3.41. The molecule has 11 heteroatoms. The van der Waals surface area contributed by atoms with Crippen LogP contribution in [0.2, 0.25) is 0 Å². The van der Waals surface area contributed by atoms with Gasteiger partial charge in [0, 0.05) is 38.3 Å². The molecule has 1 saturated heterocycles. The van der Waals surface area contributed by atoms with Gasteiger partial charge in [-0.3, -0.25) is 9.78 Å². The number of carbonyl (C=O) groups excluding carboxylic acids is 1. The number of anilines is 1. The maximum Gasteiger partial charge on any atom is 0.274 e. The second kappa shape index (κ2) is 11.1. The third-order valence-corrected chi connectivity index (χ3v) is 8.63. The van der Waals surface area contributed by atoms with Crippen LogP contribution in [0.5, 0.6) is 0 Å². The first kappa shape index (κ1) is 29.1. The molecule has 2 aliphatic rings. The van der Waals surface area contributed by atoms with Crippen molar-refractivity contribution in [3.63, 3.8) is 0 Å². The van der Waals surface area contributed by atoms with E-state index >= 15 is 13.2 Å². The summed E-state index contributed by atoms with van der Waals surface area (Å²) in [5.74, 6) is -4.37. The highest BCUT2D eigenvalue weighted by Gasteiger charge is 2.42. The highest BCUT2D eigenvalue weighted by Crippen LogP contribution is 2.43. The molecule has 1 saturated carbocycles. The van der Waals surface area contributed by atoms with E-state index in [4.69, 9.17) is 10.5 Å². The molecule has 2 fully saturated rings. The van der Waals surface area contributed by atoms with E-state index in [0.29, 0.717) is 18.5 Å². The Balaban J connectivity index is 1.42. The average Bonchev–Trinajstić information content (AvgIpc) is 2.93.